The summed E-state index contributed by atoms with van der Waals surface area (Å²) in [4.78, 5) is 40.7. The van der Waals surface area contributed by atoms with Crippen LogP contribution in [0.25, 0.3) is 0 Å². The van der Waals surface area contributed by atoms with Crippen molar-refractivity contribution in [2.75, 3.05) is 17.2 Å². The van der Waals surface area contributed by atoms with Gasteiger partial charge in [0.1, 0.15) is 0 Å². The number of hydrogen-bond donors (Lipinski definition) is 3. The van der Waals surface area contributed by atoms with Crippen molar-refractivity contribution in [2.24, 2.45) is 0 Å². The van der Waals surface area contributed by atoms with Gasteiger partial charge in [-0.05, 0) is 36.6 Å². The second-order valence-corrected chi connectivity index (χ2v) is 8.19. The third-order valence-corrected chi connectivity index (χ3v) is 5.46. The lowest BCUT2D eigenvalue weighted by atomic mass is 10.2. The lowest BCUT2D eigenvalue weighted by molar-refractivity contribution is -0.119. The van der Waals surface area contributed by atoms with Crippen molar-refractivity contribution in [3.8, 4) is 0 Å². The van der Waals surface area contributed by atoms with E-state index in [9.17, 15) is 14.4 Å². The maximum atomic E-state index is 12.2. The first-order chi connectivity index (χ1) is 15.6. The Bertz CT molecular complexity index is 1110. The Balaban J connectivity index is 1.24. The van der Waals surface area contributed by atoms with Gasteiger partial charge in [-0.25, -0.2) is 9.78 Å². The normalized spacial score (nSPS) is 12.6. The van der Waals surface area contributed by atoms with Crippen LogP contribution in [-0.4, -0.2) is 35.4 Å². The number of aromatic nitrogens is 1. The van der Waals surface area contributed by atoms with E-state index in [1.165, 1.54) is 11.3 Å². The topological polar surface area (TPSA) is 109 Å². The molecule has 4 rings (SSSR count). The van der Waals surface area contributed by atoms with E-state index in [1.54, 1.807) is 29.6 Å². The highest BCUT2D eigenvalue weighted by Gasteiger charge is 2.24. The van der Waals surface area contributed by atoms with E-state index in [1.807, 2.05) is 30.3 Å². The van der Waals surface area contributed by atoms with Crippen molar-refractivity contribution in [3.63, 3.8) is 0 Å². The fourth-order valence-corrected chi connectivity index (χ4v) is 3.54. The molecule has 0 spiro atoms. The molecule has 1 fully saturated rings. The Kier molecular flexibility index (Phi) is 6.76. The minimum atomic E-state index is -0.679. The van der Waals surface area contributed by atoms with Crippen LogP contribution in [0.15, 0.2) is 60.0 Å². The third-order valence-electron chi connectivity index (χ3n) is 4.66. The molecule has 0 radical (unpaired) electrons. The largest absolute Gasteiger partial charge is 0.451 e. The van der Waals surface area contributed by atoms with Gasteiger partial charge in [0.05, 0.1) is 0 Å². The summed E-state index contributed by atoms with van der Waals surface area (Å²) in [6, 6.07) is 16.7. The molecule has 2 amide bonds. The van der Waals surface area contributed by atoms with Crippen LogP contribution in [0, 0.1) is 0 Å². The number of benzene rings is 2. The minimum Gasteiger partial charge on any atom is -0.451 e. The van der Waals surface area contributed by atoms with E-state index in [0.29, 0.717) is 22.9 Å². The number of carbonyl (C=O) groups excluding carboxylic acids is 3. The average Bonchev–Trinajstić information content (AvgIpc) is 3.49. The van der Waals surface area contributed by atoms with Gasteiger partial charge in [0, 0.05) is 29.2 Å². The number of thiazole rings is 1. The number of esters is 1. The fourth-order valence-electron chi connectivity index (χ4n) is 2.86. The summed E-state index contributed by atoms with van der Waals surface area (Å²) in [5.41, 5.74) is 2.15. The van der Waals surface area contributed by atoms with E-state index in [0.717, 1.165) is 18.4 Å². The summed E-state index contributed by atoms with van der Waals surface area (Å²) in [7, 11) is 0. The molecule has 3 aromatic rings. The van der Waals surface area contributed by atoms with Crippen molar-refractivity contribution < 1.29 is 19.1 Å². The van der Waals surface area contributed by atoms with Crippen molar-refractivity contribution >= 4 is 39.9 Å². The molecule has 0 atom stereocenters. The van der Waals surface area contributed by atoms with E-state index in [-0.39, 0.29) is 17.6 Å². The first-order valence-electron chi connectivity index (χ1n) is 10.2. The molecule has 32 heavy (non-hydrogen) atoms. The molecule has 1 heterocycles. The molecule has 0 aliphatic heterocycles. The van der Waals surface area contributed by atoms with Gasteiger partial charge in [-0.15, -0.1) is 11.3 Å². The molecule has 8 nitrogen and oxygen atoms in total. The highest BCUT2D eigenvalue weighted by atomic mass is 32.1. The molecular formula is C23H22N4O4S. The van der Waals surface area contributed by atoms with Gasteiger partial charge in [0.2, 0.25) is 0 Å². The van der Waals surface area contributed by atoms with Gasteiger partial charge in [0.15, 0.2) is 17.4 Å². The molecule has 3 N–H and O–H groups in total. The smallest absolute Gasteiger partial charge is 0.358 e. The second kappa shape index (κ2) is 10.1. The van der Waals surface area contributed by atoms with E-state index in [2.05, 4.69) is 20.9 Å². The van der Waals surface area contributed by atoms with E-state index in [4.69, 9.17) is 4.74 Å². The van der Waals surface area contributed by atoms with Crippen molar-refractivity contribution in [3.05, 3.63) is 76.8 Å². The Morgan fingerprint density at radius 2 is 1.88 bits per heavy atom. The Hall–Kier alpha value is -3.72. The van der Waals surface area contributed by atoms with Gasteiger partial charge in [0.25, 0.3) is 11.8 Å². The van der Waals surface area contributed by atoms with Crippen LogP contribution >= 0.6 is 11.3 Å². The maximum Gasteiger partial charge on any atom is 0.358 e. The zero-order valence-corrected chi connectivity index (χ0v) is 18.0. The monoisotopic (exact) mass is 450 g/mol. The molecular weight excluding hydrogens is 428 g/mol. The number of ether oxygens (including phenoxy) is 1. The van der Waals surface area contributed by atoms with Crippen molar-refractivity contribution in [1.29, 1.82) is 0 Å². The number of anilines is 2. The number of carbonyl (C=O) groups is 3. The van der Waals surface area contributed by atoms with Crippen LogP contribution in [-0.2, 0) is 16.1 Å². The summed E-state index contributed by atoms with van der Waals surface area (Å²) in [5.74, 6) is -1.35. The van der Waals surface area contributed by atoms with Gasteiger partial charge >= 0.3 is 5.97 Å². The number of rotatable bonds is 9. The number of amides is 2. The van der Waals surface area contributed by atoms with Crippen LogP contribution in [0.3, 0.4) is 0 Å². The van der Waals surface area contributed by atoms with Crippen LogP contribution in [0.2, 0.25) is 0 Å². The predicted molar refractivity (Wildman–Crippen MR) is 122 cm³/mol. The molecule has 164 valence electrons. The Morgan fingerprint density at radius 1 is 1.06 bits per heavy atom. The standard InChI is InChI=1S/C23H22N4O4S/c28-20(25-18-8-4-7-16(11-18)21(29)26-17-9-10-17)13-31-22(30)19-14-32-23(27-19)24-12-15-5-2-1-3-6-15/h1-8,11,14,17H,9-10,12-13H2,(H,24,27)(H,25,28)(H,26,29). The fraction of sp³-hybridized carbons (Fsp3) is 0.217. The Labute approximate surface area is 189 Å². The van der Waals surface area contributed by atoms with Gasteiger partial charge in [-0.3, -0.25) is 9.59 Å². The summed E-state index contributed by atoms with van der Waals surface area (Å²) in [5, 5.41) is 10.8. The molecule has 0 saturated heterocycles. The third kappa shape index (κ3) is 6.14. The lowest BCUT2D eigenvalue weighted by Gasteiger charge is -2.08. The summed E-state index contributed by atoms with van der Waals surface area (Å²) < 4.78 is 5.06. The molecule has 1 saturated carbocycles. The number of hydrogen-bond acceptors (Lipinski definition) is 7. The first kappa shape index (κ1) is 21.5. The lowest BCUT2D eigenvalue weighted by Crippen LogP contribution is -2.25. The molecule has 9 heteroatoms. The quantitative estimate of drug-likeness (QED) is 0.431. The second-order valence-electron chi connectivity index (χ2n) is 7.33. The Morgan fingerprint density at radius 3 is 2.66 bits per heavy atom. The van der Waals surface area contributed by atoms with Gasteiger partial charge < -0.3 is 20.7 Å². The minimum absolute atomic E-state index is 0.136. The van der Waals surface area contributed by atoms with Crippen LogP contribution < -0.4 is 16.0 Å². The predicted octanol–water partition coefficient (Wildman–Crippen LogP) is 3.44. The SMILES string of the molecule is O=C(COC(=O)c1csc(NCc2ccccc2)n1)Nc1cccc(C(=O)NC2CC2)c1. The van der Waals surface area contributed by atoms with Crippen molar-refractivity contribution in [1.82, 2.24) is 10.3 Å². The molecule has 1 aliphatic rings. The maximum absolute atomic E-state index is 12.2. The molecule has 1 aliphatic carbocycles. The first-order valence-corrected chi connectivity index (χ1v) is 11.1. The summed E-state index contributed by atoms with van der Waals surface area (Å²) in [6.07, 6.45) is 1.99. The van der Waals surface area contributed by atoms with Crippen molar-refractivity contribution in [2.45, 2.75) is 25.4 Å². The van der Waals surface area contributed by atoms with Crippen LogP contribution in [0.5, 0.6) is 0 Å². The molecule has 1 aromatic heterocycles. The highest BCUT2D eigenvalue weighted by molar-refractivity contribution is 7.13. The highest BCUT2D eigenvalue weighted by Crippen LogP contribution is 2.20. The van der Waals surface area contributed by atoms with E-state index < -0.39 is 18.5 Å². The molecule has 2 aromatic carbocycles. The number of nitrogens with one attached hydrogen (secondary N) is 3. The van der Waals surface area contributed by atoms with Gasteiger partial charge in [-0.1, -0.05) is 36.4 Å². The zero-order chi connectivity index (χ0) is 22.3. The van der Waals surface area contributed by atoms with E-state index >= 15 is 0 Å². The summed E-state index contributed by atoms with van der Waals surface area (Å²) >= 11 is 1.29. The summed E-state index contributed by atoms with van der Waals surface area (Å²) in [6.45, 7) is 0.130. The van der Waals surface area contributed by atoms with Gasteiger partial charge in [-0.2, -0.15) is 0 Å². The van der Waals surface area contributed by atoms with Crippen LogP contribution in [0.4, 0.5) is 10.8 Å². The number of nitrogens with zero attached hydrogens (tertiary/aromatic N) is 1. The van der Waals surface area contributed by atoms with Crippen LogP contribution in [0.1, 0.15) is 39.3 Å². The molecule has 0 bridgehead atoms. The average molecular weight is 451 g/mol. The molecule has 0 unspecified atom stereocenters. The zero-order valence-electron chi connectivity index (χ0n) is 17.2.